The van der Waals surface area contributed by atoms with Crippen LogP contribution in [-0.2, 0) is 11.8 Å². The first-order valence-electron chi connectivity index (χ1n) is 18.9. The second-order valence-corrected chi connectivity index (χ2v) is 13.7. The molecule has 0 saturated heterocycles. The normalized spacial score (nSPS) is 11.5. The molecule has 1 N–H and O–H groups in total. The Morgan fingerprint density at radius 1 is 0.720 bits per heavy atom. The maximum Gasteiger partial charge on any atom is 0.127 e. The van der Waals surface area contributed by atoms with E-state index in [-0.39, 0.29) is 5.41 Å². The topological polar surface area (TPSA) is 63.0 Å². The summed E-state index contributed by atoms with van der Waals surface area (Å²) in [5, 5.41) is 8.48. The van der Waals surface area contributed by atoms with E-state index < -0.39 is 0 Å². The summed E-state index contributed by atoms with van der Waals surface area (Å²) in [7, 11) is 0. The van der Waals surface area contributed by atoms with Gasteiger partial charge in [0.2, 0.25) is 0 Å². The molecule has 0 saturated carbocycles. The van der Waals surface area contributed by atoms with Crippen LogP contribution < -0.4 is 9.47 Å². The highest BCUT2D eigenvalue weighted by Gasteiger charge is 2.15. The summed E-state index contributed by atoms with van der Waals surface area (Å²) in [6, 6.07) is 25.0. The van der Waals surface area contributed by atoms with Gasteiger partial charge in [0.05, 0.1) is 12.3 Å². The van der Waals surface area contributed by atoms with Crippen LogP contribution in [0.15, 0.2) is 79.0 Å². The van der Waals surface area contributed by atoms with E-state index in [2.05, 4.69) is 131 Å². The van der Waals surface area contributed by atoms with Gasteiger partial charge in [-0.25, -0.2) is 4.98 Å². The SMILES string of the molecule is CCCCc1nc(-c2ccc(OCCCN(CC)CC)cc2)cn1-c1ccc(Oc2cccc(C(C)(C)C)c2)cc1.CCN(CC)CCCO. The molecule has 4 rings (SSSR count). The van der Waals surface area contributed by atoms with E-state index in [1.165, 1.54) is 5.56 Å². The van der Waals surface area contributed by atoms with Crippen molar-refractivity contribution in [1.29, 1.82) is 0 Å². The summed E-state index contributed by atoms with van der Waals surface area (Å²) in [6.07, 6.45) is 7.24. The molecule has 7 heteroatoms. The van der Waals surface area contributed by atoms with E-state index in [4.69, 9.17) is 19.6 Å². The number of aliphatic hydroxyl groups is 1. The fourth-order valence-corrected chi connectivity index (χ4v) is 5.70. The van der Waals surface area contributed by atoms with Gasteiger partial charge in [0.1, 0.15) is 23.1 Å². The molecular formula is C43H64N4O3. The third-order valence-electron chi connectivity index (χ3n) is 9.04. The lowest BCUT2D eigenvalue weighted by Crippen LogP contribution is -2.25. The number of aryl methyl sites for hydroxylation is 1. The lowest BCUT2D eigenvalue weighted by Gasteiger charge is -2.19. The average Bonchev–Trinajstić information content (AvgIpc) is 3.56. The Bertz CT molecular complexity index is 1480. The van der Waals surface area contributed by atoms with Crippen LogP contribution in [0.4, 0.5) is 0 Å². The predicted molar refractivity (Wildman–Crippen MR) is 210 cm³/mol. The Balaban J connectivity index is 0.000000661. The van der Waals surface area contributed by atoms with Gasteiger partial charge in [-0.3, -0.25) is 0 Å². The van der Waals surface area contributed by atoms with E-state index >= 15 is 0 Å². The number of unbranched alkanes of at least 4 members (excludes halogenated alkanes) is 1. The van der Waals surface area contributed by atoms with Gasteiger partial charge in [0.15, 0.2) is 0 Å². The van der Waals surface area contributed by atoms with E-state index in [1.54, 1.807) is 0 Å². The number of aromatic nitrogens is 2. The van der Waals surface area contributed by atoms with Gasteiger partial charge >= 0.3 is 0 Å². The van der Waals surface area contributed by atoms with Gasteiger partial charge in [-0.1, -0.05) is 73.9 Å². The highest BCUT2D eigenvalue weighted by molar-refractivity contribution is 5.61. The molecule has 3 aromatic carbocycles. The summed E-state index contributed by atoms with van der Waals surface area (Å²) in [5.74, 6) is 3.66. The molecule has 0 radical (unpaired) electrons. The van der Waals surface area contributed by atoms with Crippen LogP contribution in [0, 0.1) is 0 Å². The van der Waals surface area contributed by atoms with Crippen LogP contribution in [0.2, 0.25) is 0 Å². The van der Waals surface area contributed by atoms with Crippen LogP contribution >= 0.6 is 0 Å². The van der Waals surface area contributed by atoms with Crippen molar-refractivity contribution < 1.29 is 14.6 Å². The molecule has 0 aliphatic heterocycles. The molecule has 0 fully saturated rings. The van der Waals surface area contributed by atoms with Crippen LogP contribution in [-0.4, -0.2) is 76.9 Å². The van der Waals surface area contributed by atoms with E-state index in [0.29, 0.717) is 6.61 Å². The minimum absolute atomic E-state index is 0.0791. The maximum absolute atomic E-state index is 8.48. The Kier molecular flexibility index (Phi) is 17.6. The second-order valence-electron chi connectivity index (χ2n) is 13.7. The van der Waals surface area contributed by atoms with Crippen molar-refractivity contribution in [3.05, 3.63) is 90.4 Å². The van der Waals surface area contributed by atoms with E-state index in [9.17, 15) is 0 Å². The molecule has 0 spiro atoms. The minimum atomic E-state index is 0.0791. The molecule has 50 heavy (non-hydrogen) atoms. The first-order chi connectivity index (χ1) is 24.1. The van der Waals surface area contributed by atoms with Gasteiger partial charge < -0.3 is 28.9 Å². The first kappa shape index (κ1) is 40.8. The average molecular weight is 685 g/mol. The number of benzene rings is 3. The Hall–Kier alpha value is -3.65. The zero-order chi connectivity index (χ0) is 36.4. The van der Waals surface area contributed by atoms with Gasteiger partial charge in [0, 0.05) is 43.6 Å². The van der Waals surface area contributed by atoms with Crippen LogP contribution in [0.1, 0.15) is 92.5 Å². The molecule has 0 aliphatic carbocycles. The van der Waals surface area contributed by atoms with Crippen molar-refractivity contribution in [3.63, 3.8) is 0 Å². The number of imidazole rings is 1. The summed E-state index contributed by atoms with van der Waals surface area (Å²) in [4.78, 5) is 9.77. The zero-order valence-electron chi connectivity index (χ0n) is 32.3. The lowest BCUT2D eigenvalue weighted by molar-refractivity contribution is 0.236. The smallest absolute Gasteiger partial charge is 0.127 e. The third kappa shape index (κ3) is 13.2. The van der Waals surface area contributed by atoms with Gasteiger partial charge in [-0.2, -0.15) is 0 Å². The molecule has 0 unspecified atom stereocenters. The van der Waals surface area contributed by atoms with Crippen molar-refractivity contribution in [2.45, 2.75) is 92.9 Å². The largest absolute Gasteiger partial charge is 0.494 e. The number of aliphatic hydroxyl groups excluding tert-OH is 1. The minimum Gasteiger partial charge on any atom is -0.494 e. The maximum atomic E-state index is 8.48. The molecule has 7 nitrogen and oxygen atoms in total. The first-order valence-corrected chi connectivity index (χ1v) is 18.9. The van der Waals surface area contributed by atoms with Crippen molar-refractivity contribution in [1.82, 2.24) is 19.4 Å². The molecule has 274 valence electrons. The third-order valence-corrected chi connectivity index (χ3v) is 9.04. The molecule has 1 aromatic heterocycles. The number of ether oxygens (including phenoxy) is 2. The summed E-state index contributed by atoms with van der Waals surface area (Å²) < 4.78 is 14.4. The van der Waals surface area contributed by atoms with Crippen molar-refractivity contribution >= 4 is 0 Å². The summed E-state index contributed by atoms with van der Waals surface area (Å²) in [6.45, 7) is 25.1. The fraction of sp³-hybridized carbons (Fsp3) is 0.512. The fourth-order valence-electron chi connectivity index (χ4n) is 5.70. The molecule has 1 heterocycles. The molecule has 0 atom stereocenters. The van der Waals surface area contributed by atoms with Gasteiger partial charge in [0.25, 0.3) is 0 Å². The Labute approximate surface area is 303 Å². The van der Waals surface area contributed by atoms with Gasteiger partial charge in [-0.15, -0.1) is 0 Å². The van der Waals surface area contributed by atoms with Crippen LogP contribution in [0.3, 0.4) is 0 Å². The van der Waals surface area contributed by atoms with E-state index in [0.717, 1.165) is 118 Å². The summed E-state index contributed by atoms with van der Waals surface area (Å²) >= 11 is 0. The van der Waals surface area contributed by atoms with Crippen LogP contribution in [0.25, 0.3) is 16.9 Å². The Morgan fingerprint density at radius 2 is 1.34 bits per heavy atom. The number of hydrogen-bond donors (Lipinski definition) is 1. The standard InChI is InChI=1S/C36H47N3O2.C7H17NO/c1-7-10-15-35-37-34(28-16-20-31(21-17-28)40-25-12-24-38(8-2)9-3)27-39(35)30-18-22-32(23-19-30)41-33-14-11-13-29(26-33)36(4,5)6;1-3-8(4-2)6-5-7-9/h11,13-14,16-23,26-27H,7-10,12,15,24-25H2,1-6H3;9H,3-7H2,1-2H3. The lowest BCUT2D eigenvalue weighted by atomic mass is 9.87. The number of nitrogens with zero attached hydrogens (tertiary/aromatic N) is 4. The monoisotopic (exact) mass is 684 g/mol. The van der Waals surface area contributed by atoms with E-state index in [1.807, 2.05) is 18.2 Å². The van der Waals surface area contributed by atoms with Crippen molar-refractivity contribution in [2.24, 2.45) is 0 Å². The van der Waals surface area contributed by atoms with Crippen molar-refractivity contribution in [3.8, 4) is 34.2 Å². The van der Waals surface area contributed by atoms with Crippen molar-refractivity contribution in [2.75, 3.05) is 52.5 Å². The number of hydrogen-bond acceptors (Lipinski definition) is 6. The highest BCUT2D eigenvalue weighted by Crippen LogP contribution is 2.30. The molecule has 0 bridgehead atoms. The molecule has 0 aliphatic rings. The quantitative estimate of drug-likeness (QED) is 0.0993. The Morgan fingerprint density at radius 3 is 1.92 bits per heavy atom. The zero-order valence-corrected chi connectivity index (χ0v) is 32.3. The predicted octanol–water partition coefficient (Wildman–Crippen LogP) is 9.79. The molecular weight excluding hydrogens is 620 g/mol. The second kappa shape index (κ2) is 21.5. The highest BCUT2D eigenvalue weighted by atomic mass is 16.5. The van der Waals surface area contributed by atoms with Gasteiger partial charge in [-0.05, 0) is 117 Å². The molecule has 4 aromatic rings. The summed E-state index contributed by atoms with van der Waals surface area (Å²) in [5.41, 5.74) is 4.49. The van der Waals surface area contributed by atoms with Crippen LogP contribution in [0.5, 0.6) is 17.2 Å². The number of rotatable bonds is 19. The molecule has 0 amide bonds.